The summed E-state index contributed by atoms with van der Waals surface area (Å²) >= 11 is 0. The van der Waals surface area contributed by atoms with E-state index in [9.17, 15) is 0 Å². The first-order valence-electron chi connectivity index (χ1n) is 6.83. The predicted molar refractivity (Wildman–Crippen MR) is 63.0 cm³/mol. The molecule has 2 heterocycles. The van der Waals surface area contributed by atoms with Crippen LogP contribution in [0, 0.1) is 5.41 Å². The summed E-state index contributed by atoms with van der Waals surface area (Å²) < 4.78 is 0. The van der Waals surface area contributed by atoms with Crippen LogP contribution in [0.15, 0.2) is 0 Å². The maximum absolute atomic E-state index is 3.61. The van der Waals surface area contributed by atoms with E-state index < -0.39 is 0 Å². The van der Waals surface area contributed by atoms with Crippen LogP contribution in [-0.4, -0.2) is 37.1 Å². The van der Waals surface area contributed by atoms with Crippen LogP contribution < -0.4 is 5.32 Å². The standard InChI is InChI=1S/C13H24N2/c1-4-12(5-1)15-9-3-7-13(11-15)6-2-8-14-10-13/h12,14H,1-11H2. The highest BCUT2D eigenvalue weighted by Gasteiger charge is 2.39. The highest BCUT2D eigenvalue weighted by molar-refractivity contribution is 4.94. The highest BCUT2D eigenvalue weighted by Crippen LogP contribution is 2.39. The summed E-state index contributed by atoms with van der Waals surface area (Å²) in [6.07, 6.45) is 10.2. The molecule has 3 fully saturated rings. The van der Waals surface area contributed by atoms with Gasteiger partial charge >= 0.3 is 0 Å². The molecule has 86 valence electrons. The Morgan fingerprint density at radius 1 is 1.07 bits per heavy atom. The van der Waals surface area contributed by atoms with Gasteiger partial charge in [-0.05, 0) is 57.0 Å². The summed E-state index contributed by atoms with van der Waals surface area (Å²) in [5, 5.41) is 3.61. The lowest BCUT2D eigenvalue weighted by Crippen LogP contribution is -2.54. The zero-order valence-electron chi connectivity index (χ0n) is 9.80. The van der Waals surface area contributed by atoms with Crippen molar-refractivity contribution in [3.05, 3.63) is 0 Å². The molecule has 3 aliphatic rings. The lowest BCUT2D eigenvalue weighted by molar-refractivity contribution is 0.0139. The zero-order valence-corrected chi connectivity index (χ0v) is 9.80. The van der Waals surface area contributed by atoms with Gasteiger partial charge in [0, 0.05) is 19.1 Å². The smallest absolute Gasteiger partial charge is 0.00955 e. The first kappa shape index (κ1) is 10.1. The molecule has 1 N–H and O–H groups in total. The van der Waals surface area contributed by atoms with E-state index in [4.69, 9.17) is 0 Å². The van der Waals surface area contributed by atoms with E-state index in [-0.39, 0.29) is 0 Å². The van der Waals surface area contributed by atoms with Crippen LogP contribution in [0.3, 0.4) is 0 Å². The minimum absolute atomic E-state index is 0.659. The maximum Gasteiger partial charge on any atom is 0.00955 e. The van der Waals surface area contributed by atoms with Crippen molar-refractivity contribution >= 4 is 0 Å². The largest absolute Gasteiger partial charge is 0.316 e. The van der Waals surface area contributed by atoms with Crippen LogP contribution in [0.2, 0.25) is 0 Å². The van der Waals surface area contributed by atoms with E-state index in [0.29, 0.717) is 5.41 Å². The molecule has 2 saturated heterocycles. The Hall–Kier alpha value is -0.0800. The van der Waals surface area contributed by atoms with Gasteiger partial charge in [0.2, 0.25) is 0 Å². The van der Waals surface area contributed by atoms with Gasteiger partial charge in [0.15, 0.2) is 0 Å². The van der Waals surface area contributed by atoms with Gasteiger partial charge in [0.25, 0.3) is 0 Å². The molecule has 0 aromatic heterocycles. The van der Waals surface area contributed by atoms with Crippen molar-refractivity contribution in [1.82, 2.24) is 10.2 Å². The Morgan fingerprint density at radius 2 is 1.93 bits per heavy atom. The Kier molecular flexibility index (Phi) is 2.73. The van der Waals surface area contributed by atoms with E-state index in [1.165, 1.54) is 71.1 Å². The Labute approximate surface area is 93.4 Å². The van der Waals surface area contributed by atoms with Crippen LogP contribution in [0.5, 0.6) is 0 Å². The summed E-state index contributed by atoms with van der Waals surface area (Å²) in [6.45, 7) is 5.32. The second-order valence-electron chi connectivity index (χ2n) is 5.94. The van der Waals surface area contributed by atoms with Crippen molar-refractivity contribution in [2.24, 2.45) is 5.41 Å². The molecule has 0 bridgehead atoms. The van der Waals surface area contributed by atoms with Crippen molar-refractivity contribution in [3.8, 4) is 0 Å². The van der Waals surface area contributed by atoms with Gasteiger partial charge in [-0.1, -0.05) is 6.42 Å². The number of rotatable bonds is 1. The zero-order chi connectivity index (χ0) is 10.1. The first-order chi connectivity index (χ1) is 7.38. The van der Waals surface area contributed by atoms with Crippen LogP contribution in [0.25, 0.3) is 0 Å². The van der Waals surface area contributed by atoms with Gasteiger partial charge in [0.05, 0.1) is 0 Å². The van der Waals surface area contributed by atoms with Crippen molar-refractivity contribution in [3.63, 3.8) is 0 Å². The van der Waals surface area contributed by atoms with Gasteiger partial charge in [-0.15, -0.1) is 0 Å². The maximum atomic E-state index is 3.61. The van der Waals surface area contributed by atoms with Gasteiger partial charge in [0.1, 0.15) is 0 Å². The third kappa shape index (κ3) is 1.94. The van der Waals surface area contributed by atoms with Gasteiger partial charge < -0.3 is 5.32 Å². The molecule has 1 aliphatic carbocycles. The quantitative estimate of drug-likeness (QED) is 0.709. The fourth-order valence-electron chi connectivity index (χ4n) is 3.69. The third-order valence-electron chi connectivity index (χ3n) is 4.84. The van der Waals surface area contributed by atoms with Gasteiger partial charge in [-0.2, -0.15) is 0 Å². The SMILES string of the molecule is C1CC(N2CCCC3(CCCNC3)C2)C1. The molecule has 0 aromatic rings. The summed E-state index contributed by atoms with van der Waals surface area (Å²) in [5.74, 6) is 0. The highest BCUT2D eigenvalue weighted by atomic mass is 15.2. The normalized spacial score (nSPS) is 39.2. The Balaban J connectivity index is 1.63. The summed E-state index contributed by atoms with van der Waals surface area (Å²) in [7, 11) is 0. The topological polar surface area (TPSA) is 15.3 Å². The second-order valence-corrected chi connectivity index (χ2v) is 5.94. The summed E-state index contributed by atoms with van der Waals surface area (Å²) in [5.41, 5.74) is 0.659. The molecule has 1 saturated carbocycles. The molecule has 15 heavy (non-hydrogen) atoms. The first-order valence-corrected chi connectivity index (χ1v) is 6.83. The van der Waals surface area contributed by atoms with Gasteiger partial charge in [-0.3, -0.25) is 4.90 Å². The second kappa shape index (κ2) is 4.06. The summed E-state index contributed by atoms with van der Waals surface area (Å²) in [4.78, 5) is 2.81. The van der Waals surface area contributed by atoms with Crippen LogP contribution >= 0.6 is 0 Å². The molecule has 2 heteroatoms. The van der Waals surface area contributed by atoms with Crippen molar-refractivity contribution in [2.75, 3.05) is 26.2 Å². The fraction of sp³-hybridized carbons (Fsp3) is 1.00. The van der Waals surface area contributed by atoms with E-state index in [1.807, 2.05) is 0 Å². The molecular weight excluding hydrogens is 184 g/mol. The minimum Gasteiger partial charge on any atom is -0.316 e. The Morgan fingerprint density at radius 3 is 2.60 bits per heavy atom. The van der Waals surface area contributed by atoms with E-state index in [2.05, 4.69) is 10.2 Å². The molecule has 0 amide bonds. The number of hydrogen-bond acceptors (Lipinski definition) is 2. The molecule has 1 atom stereocenters. The molecule has 0 radical (unpaired) electrons. The number of nitrogens with zero attached hydrogens (tertiary/aromatic N) is 1. The molecule has 1 spiro atoms. The third-order valence-corrected chi connectivity index (χ3v) is 4.84. The van der Waals surface area contributed by atoms with Crippen LogP contribution in [0.1, 0.15) is 44.9 Å². The molecular formula is C13H24N2. The number of piperidine rings is 2. The summed E-state index contributed by atoms with van der Waals surface area (Å²) in [6, 6.07) is 0.962. The van der Waals surface area contributed by atoms with Gasteiger partial charge in [-0.25, -0.2) is 0 Å². The lowest BCUT2D eigenvalue weighted by atomic mass is 9.73. The average molecular weight is 208 g/mol. The van der Waals surface area contributed by atoms with Crippen molar-refractivity contribution < 1.29 is 0 Å². The number of likely N-dealkylation sites (tertiary alicyclic amines) is 1. The van der Waals surface area contributed by atoms with Crippen LogP contribution in [0.4, 0.5) is 0 Å². The molecule has 0 aromatic carbocycles. The monoisotopic (exact) mass is 208 g/mol. The Bertz CT molecular complexity index is 211. The molecule has 2 nitrogen and oxygen atoms in total. The van der Waals surface area contributed by atoms with Crippen LogP contribution in [-0.2, 0) is 0 Å². The molecule has 3 rings (SSSR count). The molecule has 2 aliphatic heterocycles. The lowest BCUT2D eigenvalue weighted by Gasteiger charge is -2.49. The predicted octanol–water partition coefficient (Wildman–Crippen LogP) is 2.00. The average Bonchev–Trinajstić information content (AvgIpc) is 2.16. The van der Waals surface area contributed by atoms with E-state index in [0.717, 1.165) is 6.04 Å². The fourth-order valence-corrected chi connectivity index (χ4v) is 3.69. The number of nitrogens with one attached hydrogen (secondary N) is 1. The van der Waals surface area contributed by atoms with E-state index in [1.54, 1.807) is 0 Å². The molecule has 1 unspecified atom stereocenters. The minimum atomic E-state index is 0.659. The number of hydrogen-bond donors (Lipinski definition) is 1. The van der Waals surface area contributed by atoms with Crippen molar-refractivity contribution in [1.29, 1.82) is 0 Å². The van der Waals surface area contributed by atoms with E-state index >= 15 is 0 Å². The van der Waals surface area contributed by atoms with Crippen molar-refractivity contribution in [2.45, 2.75) is 51.0 Å².